The maximum absolute atomic E-state index is 12.9. The Hall–Kier alpha value is -3.41. The molecule has 0 aliphatic carbocycles. The van der Waals surface area contributed by atoms with Gasteiger partial charge in [0.15, 0.2) is 0 Å². The first kappa shape index (κ1) is 20.8. The fraction of sp³-hybridized carbons (Fsp3) is 0.320. The Kier molecular flexibility index (Phi) is 5.89. The Morgan fingerprint density at radius 2 is 1.81 bits per heavy atom. The van der Waals surface area contributed by atoms with E-state index in [9.17, 15) is 4.79 Å². The van der Waals surface area contributed by atoms with Crippen molar-refractivity contribution < 1.29 is 4.79 Å². The number of nitrogens with one attached hydrogen (secondary N) is 1. The first-order valence-corrected chi connectivity index (χ1v) is 10.8. The Bertz CT molecular complexity index is 1200. The van der Waals surface area contributed by atoms with Gasteiger partial charge in [0.05, 0.1) is 5.69 Å². The molecule has 1 N–H and O–H groups in total. The first-order chi connectivity index (χ1) is 14.9. The van der Waals surface area contributed by atoms with Crippen molar-refractivity contribution in [2.24, 2.45) is 5.92 Å². The molecule has 0 saturated carbocycles. The molecule has 0 radical (unpaired) electrons. The molecule has 6 heteroatoms. The van der Waals surface area contributed by atoms with E-state index in [0.717, 1.165) is 40.4 Å². The molecule has 0 atom stereocenters. The molecule has 31 heavy (non-hydrogen) atoms. The lowest BCUT2D eigenvalue weighted by Gasteiger charge is -2.09. The topological polar surface area (TPSA) is 64.2 Å². The van der Waals surface area contributed by atoms with Gasteiger partial charge in [0.1, 0.15) is 17.2 Å². The molecule has 1 amide bonds. The number of hydrogen-bond donors (Lipinski definition) is 1. The van der Waals surface area contributed by atoms with E-state index in [-0.39, 0.29) is 5.91 Å². The molecule has 0 aliphatic heterocycles. The predicted molar refractivity (Wildman–Crippen MR) is 124 cm³/mol. The monoisotopic (exact) mass is 415 g/mol. The van der Waals surface area contributed by atoms with E-state index in [0.29, 0.717) is 24.6 Å². The third-order valence-electron chi connectivity index (χ3n) is 5.51. The summed E-state index contributed by atoms with van der Waals surface area (Å²) in [6, 6.07) is 15.8. The van der Waals surface area contributed by atoms with Crippen molar-refractivity contribution in [1.29, 1.82) is 0 Å². The second-order valence-electron chi connectivity index (χ2n) is 8.38. The molecule has 0 spiro atoms. The zero-order valence-electron chi connectivity index (χ0n) is 18.6. The molecule has 3 heterocycles. The van der Waals surface area contributed by atoms with E-state index in [1.54, 1.807) is 0 Å². The molecule has 3 aromatic heterocycles. The Morgan fingerprint density at radius 3 is 2.55 bits per heavy atom. The van der Waals surface area contributed by atoms with Gasteiger partial charge in [-0.05, 0) is 43.9 Å². The van der Waals surface area contributed by atoms with E-state index in [2.05, 4.69) is 35.9 Å². The van der Waals surface area contributed by atoms with Crippen molar-refractivity contribution in [3.05, 3.63) is 71.7 Å². The van der Waals surface area contributed by atoms with Crippen molar-refractivity contribution in [3.63, 3.8) is 0 Å². The number of aromatic nitrogens is 4. The molecule has 4 aromatic rings. The molecule has 6 nitrogen and oxygen atoms in total. The second-order valence-corrected chi connectivity index (χ2v) is 8.38. The smallest absolute Gasteiger partial charge is 0.225 e. The van der Waals surface area contributed by atoms with Gasteiger partial charge in [0.25, 0.3) is 0 Å². The quantitative estimate of drug-likeness (QED) is 0.460. The van der Waals surface area contributed by atoms with Crippen molar-refractivity contribution in [1.82, 2.24) is 19.2 Å². The lowest BCUT2D eigenvalue weighted by atomic mass is 10.1. The molecule has 0 saturated heterocycles. The van der Waals surface area contributed by atoms with Crippen LogP contribution in [0, 0.1) is 19.8 Å². The van der Waals surface area contributed by atoms with Gasteiger partial charge in [-0.25, -0.2) is 4.98 Å². The molecule has 0 aliphatic rings. The number of hydrogen-bond acceptors (Lipinski definition) is 3. The summed E-state index contributed by atoms with van der Waals surface area (Å²) in [5, 5.41) is 7.78. The minimum atomic E-state index is -0.0294. The standard InChI is InChI=1S/C25H29N5O/c1-17(2)16-30-19(4)21(18(3)28-30)13-14-23(31)27-25-24(20-10-6-5-7-11-20)26-22-12-8-9-15-29(22)25/h5-12,15,17H,13-14,16H2,1-4H3,(H,27,31). The van der Waals surface area contributed by atoms with Crippen LogP contribution in [-0.2, 0) is 17.8 Å². The van der Waals surface area contributed by atoms with Crippen molar-refractivity contribution >= 4 is 17.4 Å². The Morgan fingerprint density at radius 1 is 1.06 bits per heavy atom. The molecule has 0 bridgehead atoms. The first-order valence-electron chi connectivity index (χ1n) is 10.8. The van der Waals surface area contributed by atoms with Crippen LogP contribution in [0.25, 0.3) is 16.9 Å². The number of aryl methyl sites for hydroxylation is 1. The van der Waals surface area contributed by atoms with E-state index in [1.807, 2.05) is 66.1 Å². The maximum atomic E-state index is 12.9. The highest BCUT2D eigenvalue weighted by Gasteiger charge is 2.18. The summed E-state index contributed by atoms with van der Waals surface area (Å²) in [4.78, 5) is 17.7. The van der Waals surface area contributed by atoms with Crippen LogP contribution in [0.15, 0.2) is 54.7 Å². The summed E-state index contributed by atoms with van der Waals surface area (Å²) in [6.45, 7) is 9.37. The highest BCUT2D eigenvalue weighted by atomic mass is 16.1. The average molecular weight is 416 g/mol. The highest BCUT2D eigenvalue weighted by Crippen LogP contribution is 2.29. The summed E-state index contributed by atoms with van der Waals surface area (Å²) in [5.74, 6) is 1.20. The van der Waals surface area contributed by atoms with E-state index >= 15 is 0 Å². The number of rotatable bonds is 7. The van der Waals surface area contributed by atoms with Gasteiger partial charge in [0.2, 0.25) is 5.91 Å². The lowest BCUT2D eigenvalue weighted by Crippen LogP contribution is -2.15. The largest absolute Gasteiger partial charge is 0.310 e. The summed E-state index contributed by atoms with van der Waals surface area (Å²) in [6.07, 6.45) is 2.98. The fourth-order valence-electron chi connectivity index (χ4n) is 3.97. The number of pyridine rings is 1. The summed E-state index contributed by atoms with van der Waals surface area (Å²) in [7, 11) is 0. The zero-order chi connectivity index (χ0) is 22.0. The van der Waals surface area contributed by atoms with Crippen LogP contribution in [0.1, 0.15) is 37.2 Å². The van der Waals surface area contributed by atoms with Crippen LogP contribution in [0.3, 0.4) is 0 Å². The molecule has 1 aromatic carbocycles. The lowest BCUT2D eigenvalue weighted by molar-refractivity contribution is -0.116. The molecule has 4 rings (SSSR count). The third kappa shape index (κ3) is 4.38. The number of imidazole rings is 1. The van der Waals surface area contributed by atoms with Crippen molar-refractivity contribution in [3.8, 4) is 11.3 Å². The number of anilines is 1. The van der Waals surface area contributed by atoms with E-state index in [1.165, 1.54) is 0 Å². The summed E-state index contributed by atoms with van der Waals surface area (Å²) < 4.78 is 3.99. The Labute approximate surface area is 182 Å². The minimum absolute atomic E-state index is 0.0294. The fourth-order valence-corrected chi connectivity index (χ4v) is 3.97. The number of fused-ring (bicyclic) bond motifs is 1. The Balaban J connectivity index is 1.55. The SMILES string of the molecule is Cc1nn(CC(C)C)c(C)c1CCC(=O)Nc1c(-c2ccccc2)nc2ccccn12. The molecular weight excluding hydrogens is 386 g/mol. The summed E-state index contributed by atoms with van der Waals surface area (Å²) in [5.41, 5.74) is 5.88. The van der Waals surface area contributed by atoms with Gasteiger partial charge < -0.3 is 5.32 Å². The van der Waals surface area contributed by atoms with E-state index < -0.39 is 0 Å². The highest BCUT2D eigenvalue weighted by molar-refractivity contribution is 5.94. The van der Waals surface area contributed by atoms with E-state index in [4.69, 9.17) is 4.98 Å². The van der Waals surface area contributed by atoms with Gasteiger partial charge in [-0.15, -0.1) is 0 Å². The number of carbonyl (C=O) groups excluding carboxylic acids is 1. The van der Waals surface area contributed by atoms with Crippen LogP contribution in [0.4, 0.5) is 5.82 Å². The van der Waals surface area contributed by atoms with Gasteiger partial charge in [0, 0.05) is 30.4 Å². The van der Waals surface area contributed by atoms with Crippen molar-refractivity contribution in [2.75, 3.05) is 5.32 Å². The van der Waals surface area contributed by atoms with Crippen LogP contribution in [-0.4, -0.2) is 25.1 Å². The van der Waals surface area contributed by atoms with Gasteiger partial charge in [-0.1, -0.05) is 50.2 Å². The molecular formula is C25H29N5O. The minimum Gasteiger partial charge on any atom is -0.310 e. The summed E-state index contributed by atoms with van der Waals surface area (Å²) >= 11 is 0. The number of amides is 1. The molecule has 0 fully saturated rings. The van der Waals surface area contributed by atoms with Crippen LogP contribution < -0.4 is 5.32 Å². The van der Waals surface area contributed by atoms with Crippen molar-refractivity contribution in [2.45, 2.75) is 47.1 Å². The van der Waals surface area contributed by atoms with Gasteiger partial charge in [-0.2, -0.15) is 5.10 Å². The number of carbonyl (C=O) groups is 1. The predicted octanol–water partition coefficient (Wildman–Crippen LogP) is 5.04. The van der Waals surface area contributed by atoms with Crippen LogP contribution in [0.5, 0.6) is 0 Å². The number of benzene rings is 1. The van der Waals surface area contributed by atoms with Gasteiger partial charge in [-0.3, -0.25) is 13.9 Å². The zero-order valence-corrected chi connectivity index (χ0v) is 18.6. The maximum Gasteiger partial charge on any atom is 0.225 e. The van der Waals surface area contributed by atoms with Gasteiger partial charge >= 0.3 is 0 Å². The van der Waals surface area contributed by atoms with Crippen LogP contribution in [0.2, 0.25) is 0 Å². The number of nitrogens with zero attached hydrogens (tertiary/aromatic N) is 4. The molecule has 160 valence electrons. The average Bonchev–Trinajstić information content (AvgIpc) is 3.24. The third-order valence-corrected chi connectivity index (χ3v) is 5.51. The molecule has 0 unspecified atom stereocenters. The normalized spacial score (nSPS) is 11.4. The second kappa shape index (κ2) is 8.76. The van der Waals surface area contributed by atoms with Crippen LogP contribution >= 0.6 is 0 Å².